The summed E-state index contributed by atoms with van der Waals surface area (Å²) in [5.41, 5.74) is 4.56. The van der Waals surface area contributed by atoms with Gasteiger partial charge in [-0.15, -0.1) is 0 Å². The third-order valence-electron chi connectivity index (χ3n) is 5.75. The molecule has 0 bridgehead atoms. The lowest BCUT2D eigenvalue weighted by Crippen LogP contribution is -2.28. The van der Waals surface area contributed by atoms with Crippen LogP contribution >= 0.6 is 0 Å². The second-order valence-electron chi connectivity index (χ2n) is 8.90. The van der Waals surface area contributed by atoms with Crippen molar-refractivity contribution in [2.24, 2.45) is 0 Å². The molecule has 1 amide bonds. The molecule has 1 N–H and O–H groups in total. The predicted octanol–water partition coefficient (Wildman–Crippen LogP) is 6.30. The Hall–Kier alpha value is -2.82. The molecule has 0 radical (unpaired) electrons. The van der Waals surface area contributed by atoms with E-state index in [1.165, 1.54) is 11.1 Å². The van der Waals surface area contributed by atoms with Gasteiger partial charge in [0.15, 0.2) is 0 Å². The van der Waals surface area contributed by atoms with Gasteiger partial charge in [0.25, 0.3) is 0 Å². The minimum Gasteiger partial charge on any atom is -0.493 e. The highest BCUT2D eigenvalue weighted by Crippen LogP contribution is 2.28. The van der Waals surface area contributed by atoms with Crippen LogP contribution in [0.4, 0.5) is 0 Å². The van der Waals surface area contributed by atoms with Crippen molar-refractivity contribution < 1.29 is 9.53 Å². The molecule has 1 aromatic heterocycles. The number of benzene rings is 2. The van der Waals surface area contributed by atoms with Gasteiger partial charge >= 0.3 is 0 Å². The number of fused-ring (bicyclic) bond motifs is 1. The van der Waals surface area contributed by atoms with Crippen LogP contribution in [0.5, 0.6) is 5.75 Å². The topological polar surface area (TPSA) is 56.2 Å². The van der Waals surface area contributed by atoms with Gasteiger partial charge < -0.3 is 14.6 Å². The maximum absolute atomic E-state index is 12.1. The zero-order chi connectivity index (χ0) is 23.1. The molecule has 1 heterocycles. The Labute approximate surface area is 192 Å². The molecule has 0 fully saturated rings. The van der Waals surface area contributed by atoms with Crippen LogP contribution in [0.3, 0.4) is 0 Å². The molecule has 5 nitrogen and oxygen atoms in total. The van der Waals surface area contributed by atoms with E-state index >= 15 is 0 Å². The Balaban J connectivity index is 1.65. The summed E-state index contributed by atoms with van der Waals surface area (Å²) >= 11 is 0. The normalized spacial score (nSPS) is 12.3. The lowest BCUT2D eigenvalue weighted by Gasteiger charge is -2.17. The Morgan fingerprint density at radius 3 is 2.66 bits per heavy atom. The van der Waals surface area contributed by atoms with Crippen LogP contribution in [0.25, 0.3) is 11.0 Å². The number of nitrogens with zero attached hydrogens (tertiary/aromatic N) is 2. The summed E-state index contributed by atoms with van der Waals surface area (Å²) in [6.07, 6.45) is 3.31. The fourth-order valence-electron chi connectivity index (χ4n) is 4.06. The summed E-state index contributed by atoms with van der Waals surface area (Å²) < 4.78 is 8.41. The quantitative estimate of drug-likeness (QED) is 0.359. The van der Waals surface area contributed by atoms with Crippen molar-refractivity contribution in [3.05, 3.63) is 59.4 Å². The number of hydrogen-bond acceptors (Lipinski definition) is 3. The summed E-state index contributed by atoms with van der Waals surface area (Å²) in [6, 6.07) is 14.5. The number of para-hydroxylation sites is 2. The van der Waals surface area contributed by atoms with Gasteiger partial charge in [-0.1, -0.05) is 45.0 Å². The lowest BCUT2D eigenvalue weighted by atomic mass is 10.0. The average molecular weight is 436 g/mol. The minimum absolute atomic E-state index is 0.0751. The van der Waals surface area contributed by atoms with Gasteiger partial charge in [0, 0.05) is 13.0 Å². The molecule has 0 aliphatic rings. The number of nitrogens with one attached hydrogen (secondary N) is 1. The van der Waals surface area contributed by atoms with Crippen LogP contribution in [-0.2, 0) is 11.3 Å². The first-order chi connectivity index (χ1) is 15.4. The summed E-state index contributed by atoms with van der Waals surface area (Å²) in [4.78, 5) is 17.0. The number of aromatic nitrogens is 2. The SMILES string of the molecule is CCCC(=O)NC(C)c1nc2ccccc2n1CCCCOc1cc(C)ccc1C(C)C. The Morgan fingerprint density at radius 2 is 1.91 bits per heavy atom. The second-order valence-corrected chi connectivity index (χ2v) is 8.90. The van der Waals surface area contributed by atoms with Gasteiger partial charge in [0.2, 0.25) is 5.91 Å². The number of carbonyl (C=O) groups excluding carboxylic acids is 1. The summed E-state index contributed by atoms with van der Waals surface area (Å²) in [7, 11) is 0. The van der Waals surface area contributed by atoms with Crippen LogP contribution in [0.2, 0.25) is 0 Å². The third-order valence-corrected chi connectivity index (χ3v) is 5.75. The van der Waals surface area contributed by atoms with E-state index in [-0.39, 0.29) is 11.9 Å². The molecule has 0 aliphatic carbocycles. The van der Waals surface area contributed by atoms with E-state index in [2.05, 4.69) is 54.9 Å². The second kappa shape index (κ2) is 11.2. The number of rotatable bonds is 11. The maximum atomic E-state index is 12.1. The average Bonchev–Trinajstić information content (AvgIpc) is 3.12. The smallest absolute Gasteiger partial charge is 0.220 e. The number of carbonyl (C=O) groups is 1. The van der Waals surface area contributed by atoms with Crippen molar-refractivity contribution in [3.63, 3.8) is 0 Å². The van der Waals surface area contributed by atoms with Crippen LogP contribution in [0.1, 0.15) is 82.3 Å². The van der Waals surface area contributed by atoms with Gasteiger partial charge in [-0.25, -0.2) is 4.98 Å². The predicted molar refractivity (Wildman–Crippen MR) is 131 cm³/mol. The van der Waals surface area contributed by atoms with Crippen LogP contribution in [0, 0.1) is 6.92 Å². The first kappa shape index (κ1) is 23.8. The standard InChI is InChI=1S/C27H37N3O2/c1-6-11-26(31)28-21(5)27-29-23-12-7-8-13-24(23)30(27)16-9-10-17-32-25-18-20(4)14-15-22(25)19(2)3/h7-8,12-15,18-19,21H,6,9-11,16-17H2,1-5H3,(H,28,31). The highest BCUT2D eigenvalue weighted by atomic mass is 16.5. The molecule has 1 atom stereocenters. The van der Waals surface area contributed by atoms with Gasteiger partial charge in [0.05, 0.1) is 23.7 Å². The molecule has 0 spiro atoms. The van der Waals surface area contributed by atoms with Crippen molar-refractivity contribution in [2.45, 2.75) is 78.8 Å². The zero-order valence-electron chi connectivity index (χ0n) is 20.1. The van der Waals surface area contributed by atoms with Gasteiger partial charge in [0.1, 0.15) is 11.6 Å². The summed E-state index contributed by atoms with van der Waals surface area (Å²) in [5, 5.41) is 3.10. The number of amides is 1. The number of ether oxygens (including phenoxy) is 1. The molecule has 32 heavy (non-hydrogen) atoms. The fraction of sp³-hybridized carbons (Fsp3) is 0.481. The number of imidazole rings is 1. The highest BCUT2D eigenvalue weighted by Gasteiger charge is 2.18. The van der Waals surface area contributed by atoms with E-state index < -0.39 is 0 Å². The third kappa shape index (κ3) is 5.90. The van der Waals surface area contributed by atoms with E-state index in [4.69, 9.17) is 9.72 Å². The van der Waals surface area contributed by atoms with Gasteiger partial charge in [-0.3, -0.25) is 4.79 Å². The van der Waals surface area contributed by atoms with E-state index in [1.54, 1.807) is 0 Å². The molecule has 2 aromatic carbocycles. The molecular formula is C27H37N3O2. The molecule has 1 unspecified atom stereocenters. The first-order valence-electron chi connectivity index (χ1n) is 11.9. The molecule has 5 heteroatoms. The number of hydrogen-bond donors (Lipinski definition) is 1. The van der Waals surface area contributed by atoms with Crippen molar-refractivity contribution in [2.75, 3.05) is 6.61 Å². The van der Waals surface area contributed by atoms with Crippen molar-refractivity contribution in [1.82, 2.24) is 14.9 Å². The largest absolute Gasteiger partial charge is 0.493 e. The van der Waals surface area contributed by atoms with E-state index in [0.29, 0.717) is 18.9 Å². The van der Waals surface area contributed by atoms with Crippen LogP contribution in [-0.4, -0.2) is 22.1 Å². The van der Waals surface area contributed by atoms with E-state index in [9.17, 15) is 4.79 Å². The zero-order valence-corrected chi connectivity index (χ0v) is 20.1. The van der Waals surface area contributed by atoms with Crippen molar-refractivity contribution in [3.8, 4) is 5.75 Å². The highest BCUT2D eigenvalue weighted by molar-refractivity contribution is 5.78. The molecule has 3 rings (SSSR count). The van der Waals surface area contributed by atoms with Crippen LogP contribution < -0.4 is 10.1 Å². The molecule has 172 valence electrons. The van der Waals surface area contributed by atoms with Crippen molar-refractivity contribution in [1.29, 1.82) is 0 Å². The maximum Gasteiger partial charge on any atom is 0.220 e. The van der Waals surface area contributed by atoms with Crippen molar-refractivity contribution >= 4 is 16.9 Å². The van der Waals surface area contributed by atoms with E-state index in [0.717, 1.165) is 48.4 Å². The molecule has 0 aliphatic heterocycles. The molecule has 0 saturated heterocycles. The summed E-state index contributed by atoms with van der Waals surface area (Å²) in [5.74, 6) is 2.43. The van der Waals surface area contributed by atoms with Gasteiger partial charge in [-0.05, 0) is 68.4 Å². The minimum atomic E-state index is -0.126. The molecule has 3 aromatic rings. The molecule has 0 saturated carbocycles. The van der Waals surface area contributed by atoms with E-state index in [1.807, 2.05) is 32.0 Å². The fourth-order valence-corrected chi connectivity index (χ4v) is 4.06. The Kier molecular flexibility index (Phi) is 8.32. The lowest BCUT2D eigenvalue weighted by molar-refractivity contribution is -0.121. The Bertz CT molecular complexity index is 1040. The number of aryl methyl sites for hydroxylation is 2. The van der Waals surface area contributed by atoms with Gasteiger partial charge in [-0.2, -0.15) is 0 Å². The first-order valence-corrected chi connectivity index (χ1v) is 11.9. The monoisotopic (exact) mass is 435 g/mol. The summed E-state index contributed by atoms with van der Waals surface area (Å²) in [6.45, 7) is 12.1. The molecular weight excluding hydrogens is 398 g/mol. The number of unbranched alkanes of at least 4 members (excludes halogenated alkanes) is 1. The van der Waals surface area contributed by atoms with Crippen LogP contribution in [0.15, 0.2) is 42.5 Å². The Morgan fingerprint density at radius 1 is 1.12 bits per heavy atom.